The van der Waals surface area contributed by atoms with Crippen LogP contribution < -0.4 is 19.9 Å². The molecule has 5 aliphatic rings. The molecule has 2 aromatic carbocycles. The number of ether oxygens (including phenoxy) is 1. The molecule has 2 amide bonds. The van der Waals surface area contributed by atoms with E-state index in [1.807, 2.05) is 16.9 Å². The smallest absolute Gasteiger partial charge is 0.298 e. The largest absolute Gasteiger partial charge is 0.497 e. The van der Waals surface area contributed by atoms with Gasteiger partial charge in [0.2, 0.25) is 5.91 Å². The molecule has 2 aliphatic carbocycles. The van der Waals surface area contributed by atoms with E-state index in [1.54, 1.807) is 19.2 Å². The summed E-state index contributed by atoms with van der Waals surface area (Å²) in [5.74, 6) is 1.39. The molecule has 11 heteroatoms. The molecule has 4 heterocycles. The first kappa shape index (κ1) is 27.2. The minimum atomic E-state index is -4.23. The van der Waals surface area contributed by atoms with Gasteiger partial charge in [-0.25, -0.2) is 9.86 Å². The third kappa shape index (κ3) is 4.08. The lowest BCUT2D eigenvalue weighted by molar-refractivity contribution is -0.135. The quantitative estimate of drug-likeness (QED) is 0.410. The molecule has 2 saturated heterocycles. The fourth-order valence-corrected chi connectivity index (χ4v) is 9.17. The van der Waals surface area contributed by atoms with Crippen molar-refractivity contribution < 1.29 is 22.7 Å². The topological polar surface area (TPSA) is 136 Å². The number of nitrogens with one attached hydrogen (secondary N) is 2. The SMILES string of the molecule is COc1ccc2c(c1)C1CC1(C(=O)N1CC3CNCC3C1)n1c-2c(C2CCCCC2)c2ccc(C(=O)NS(N)(=O)=O)cc21. The van der Waals surface area contributed by atoms with E-state index in [-0.39, 0.29) is 17.4 Å². The maximum absolute atomic E-state index is 14.8. The lowest BCUT2D eigenvalue weighted by Gasteiger charge is -2.33. The average molecular weight is 604 g/mol. The van der Waals surface area contributed by atoms with Crippen molar-refractivity contribution in [2.24, 2.45) is 17.0 Å². The van der Waals surface area contributed by atoms with Gasteiger partial charge in [-0.05, 0) is 78.5 Å². The van der Waals surface area contributed by atoms with Crippen LogP contribution in [0, 0.1) is 11.8 Å². The fourth-order valence-electron chi connectivity index (χ4n) is 8.79. The van der Waals surface area contributed by atoms with Crippen molar-refractivity contribution in [2.75, 3.05) is 33.3 Å². The Hall–Kier alpha value is -3.41. The van der Waals surface area contributed by atoms with E-state index in [0.717, 1.165) is 85.3 Å². The van der Waals surface area contributed by atoms with Crippen molar-refractivity contribution >= 4 is 32.9 Å². The number of hydrogen-bond donors (Lipinski definition) is 3. The van der Waals surface area contributed by atoms with Crippen LogP contribution in [0.5, 0.6) is 5.75 Å². The summed E-state index contributed by atoms with van der Waals surface area (Å²) < 4.78 is 33.2. The number of hydrogen-bond acceptors (Lipinski definition) is 6. The van der Waals surface area contributed by atoms with Crippen molar-refractivity contribution in [3.05, 3.63) is 53.1 Å². The molecule has 3 aliphatic heterocycles. The molecule has 10 nitrogen and oxygen atoms in total. The number of methoxy groups -OCH3 is 1. The minimum Gasteiger partial charge on any atom is -0.497 e. The molecule has 4 fully saturated rings. The van der Waals surface area contributed by atoms with Crippen LogP contribution in [0.3, 0.4) is 0 Å². The van der Waals surface area contributed by atoms with Crippen LogP contribution in [-0.4, -0.2) is 63.0 Å². The van der Waals surface area contributed by atoms with Crippen LogP contribution in [0.1, 0.15) is 71.8 Å². The molecule has 43 heavy (non-hydrogen) atoms. The zero-order valence-electron chi connectivity index (χ0n) is 24.3. The van der Waals surface area contributed by atoms with Crippen LogP contribution in [0.4, 0.5) is 0 Å². The zero-order chi connectivity index (χ0) is 29.7. The van der Waals surface area contributed by atoms with E-state index in [2.05, 4.69) is 26.9 Å². The minimum absolute atomic E-state index is 0.0205. The molecule has 8 rings (SSSR count). The number of aromatic nitrogens is 1. The van der Waals surface area contributed by atoms with E-state index < -0.39 is 21.7 Å². The monoisotopic (exact) mass is 603 g/mol. The number of carbonyl (C=O) groups is 2. The van der Waals surface area contributed by atoms with Gasteiger partial charge in [0.25, 0.3) is 16.1 Å². The average Bonchev–Trinajstić information content (AvgIpc) is 3.24. The van der Waals surface area contributed by atoms with Crippen molar-refractivity contribution in [1.29, 1.82) is 0 Å². The highest BCUT2D eigenvalue weighted by atomic mass is 32.2. The highest BCUT2D eigenvalue weighted by Crippen LogP contribution is 2.67. The van der Waals surface area contributed by atoms with Gasteiger partial charge in [0.1, 0.15) is 11.3 Å². The Bertz CT molecular complexity index is 1780. The molecule has 2 saturated carbocycles. The van der Waals surface area contributed by atoms with E-state index in [0.29, 0.717) is 24.2 Å². The highest BCUT2D eigenvalue weighted by molar-refractivity contribution is 7.87. The van der Waals surface area contributed by atoms with Gasteiger partial charge in [0, 0.05) is 48.6 Å². The number of nitrogens with two attached hydrogens (primary N) is 1. The van der Waals surface area contributed by atoms with E-state index in [4.69, 9.17) is 9.88 Å². The summed E-state index contributed by atoms with van der Waals surface area (Å²) in [4.78, 5) is 29.9. The number of rotatable bonds is 5. The summed E-state index contributed by atoms with van der Waals surface area (Å²) >= 11 is 0. The Morgan fingerprint density at radius 1 is 1.05 bits per heavy atom. The van der Waals surface area contributed by atoms with Crippen molar-refractivity contribution in [1.82, 2.24) is 19.5 Å². The number of fused-ring (bicyclic) bond motifs is 9. The normalized spacial score (nSPS) is 27.8. The van der Waals surface area contributed by atoms with Crippen LogP contribution in [0.15, 0.2) is 36.4 Å². The number of benzene rings is 2. The second-order valence-corrected chi connectivity index (χ2v) is 14.5. The van der Waals surface area contributed by atoms with E-state index >= 15 is 0 Å². The van der Waals surface area contributed by atoms with Gasteiger partial charge in [-0.2, -0.15) is 8.42 Å². The lowest BCUT2D eigenvalue weighted by atomic mass is 9.80. The number of amides is 2. The Kier molecular flexibility index (Phi) is 6.03. The molecule has 226 valence electrons. The highest BCUT2D eigenvalue weighted by Gasteiger charge is 2.67. The summed E-state index contributed by atoms with van der Waals surface area (Å²) in [7, 11) is -2.56. The molecular weight excluding hydrogens is 566 g/mol. The number of likely N-dealkylation sites (tertiary alicyclic amines) is 1. The van der Waals surface area contributed by atoms with Gasteiger partial charge in [-0.15, -0.1) is 0 Å². The van der Waals surface area contributed by atoms with Crippen LogP contribution in [0.25, 0.3) is 22.2 Å². The second kappa shape index (κ2) is 9.54. The molecule has 4 unspecified atom stereocenters. The molecule has 4 N–H and O–H groups in total. The molecule has 4 atom stereocenters. The molecule has 3 aromatic rings. The number of carbonyl (C=O) groups excluding carboxylic acids is 2. The van der Waals surface area contributed by atoms with Gasteiger partial charge < -0.3 is 19.5 Å². The molecular formula is C32H37N5O5S. The van der Waals surface area contributed by atoms with Crippen LogP contribution >= 0.6 is 0 Å². The Labute approximate surface area is 251 Å². The molecule has 0 bridgehead atoms. The second-order valence-electron chi connectivity index (χ2n) is 13.2. The standard InChI is InChI=1S/C32H37N5O5S/c1-42-22-8-10-23-25(12-22)26-13-32(26,31(39)36-16-20-14-34-15-21(20)17-36)37-27-11-19(30(38)35-43(33,40)41)7-9-24(27)28(29(23)37)18-5-3-2-4-6-18/h7-12,18,20-21,26,34H,2-6,13-17H2,1H3,(H,35,38)(H2,33,40,41). The lowest BCUT2D eigenvalue weighted by Crippen LogP contribution is -2.44. The maximum atomic E-state index is 14.8. The summed E-state index contributed by atoms with van der Waals surface area (Å²) in [5, 5.41) is 9.64. The van der Waals surface area contributed by atoms with Crippen molar-refractivity contribution in [3.8, 4) is 17.0 Å². The fraction of sp³-hybridized carbons (Fsp3) is 0.500. The third-order valence-electron chi connectivity index (χ3n) is 10.8. The van der Waals surface area contributed by atoms with Gasteiger partial charge in [-0.3, -0.25) is 9.59 Å². The van der Waals surface area contributed by atoms with Gasteiger partial charge in [0.15, 0.2) is 0 Å². The van der Waals surface area contributed by atoms with E-state index in [9.17, 15) is 18.0 Å². The first-order chi connectivity index (χ1) is 20.7. The van der Waals surface area contributed by atoms with Gasteiger partial charge in [-0.1, -0.05) is 25.3 Å². The maximum Gasteiger partial charge on any atom is 0.298 e. The van der Waals surface area contributed by atoms with Crippen LogP contribution in [0.2, 0.25) is 0 Å². The van der Waals surface area contributed by atoms with Gasteiger partial charge >= 0.3 is 0 Å². The first-order valence-corrected chi connectivity index (χ1v) is 17.0. The Balaban J connectivity index is 1.37. The van der Waals surface area contributed by atoms with E-state index in [1.165, 1.54) is 12.0 Å². The molecule has 0 radical (unpaired) electrons. The summed E-state index contributed by atoms with van der Waals surface area (Å²) in [6.45, 7) is 3.39. The summed E-state index contributed by atoms with van der Waals surface area (Å²) in [6, 6.07) is 11.6. The summed E-state index contributed by atoms with van der Waals surface area (Å²) in [6.07, 6.45) is 6.32. The number of nitrogens with zero attached hydrogens (tertiary/aromatic N) is 2. The molecule has 1 aromatic heterocycles. The van der Waals surface area contributed by atoms with Crippen molar-refractivity contribution in [2.45, 2.75) is 55.9 Å². The predicted octanol–water partition coefficient (Wildman–Crippen LogP) is 3.17. The predicted molar refractivity (Wildman–Crippen MR) is 162 cm³/mol. The summed E-state index contributed by atoms with van der Waals surface area (Å²) in [5.41, 5.74) is 4.75. The molecule has 0 spiro atoms. The first-order valence-electron chi connectivity index (χ1n) is 15.4. The zero-order valence-corrected chi connectivity index (χ0v) is 25.1. The Morgan fingerprint density at radius 3 is 2.49 bits per heavy atom. The van der Waals surface area contributed by atoms with Gasteiger partial charge in [0.05, 0.1) is 18.3 Å². The third-order valence-corrected chi connectivity index (χ3v) is 11.3. The van der Waals surface area contributed by atoms with Crippen molar-refractivity contribution in [3.63, 3.8) is 0 Å². The van der Waals surface area contributed by atoms with Crippen LogP contribution in [-0.2, 0) is 20.5 Å². The Morgan fingerprint density at radius 2 is 1.79 bits per heavy atom.